The van der Waals surface area contributed by atoms with Gasteiger partial charge >= 0.3 is 0 Å². The molecule has 2 aliphatic heterocycles. The summed E-state index contributed by atoms with van der Waals surface area (Å²) >= 11 is 0. The van der Waals surface area contributed by atoms with E-state index in [9.17, 15) is 0 Å². The Kier molecular flexibility index (Phi) is 0.864. The first kappa shape index (κ1) is 5.70. The lowest BCUT2D eigenvalue weighted by atomic mass is 10.2. The summed E-state index contributed by atoms with van der Waals surface area (Å²) in [5.74, 6) is 0. The van der Waals surface area contributed by atoms with Crippen LogP contribution in [0.25, 0.3) is 0 Å². The monoisotopic (exact) mass is 157 g/mol. The van der Waals surface area contributed by atoms with Gasteiger partial charge in [0.1, 0.15) is 23.1 Å². The Morgan fingerprint density at radius 3 is 2.92 bits per heavy atom. The molecule has 2 heterocycles. The number of hydrogen-bond donors (Lipinski definition) is 0. The van der Waals surface area contributed by atoms with Crippen molar-refractivity contribution in [1.82, 2.24) is 0 Å². The molecule has 0 N–H and O–H groups in total. The molecule has 0 aromatic heterocycles. The molecular formula is C7H3N5. The number of hydrogen-bond acceptors (Lipinski definition) is 5. The van der Waals surface area contributed by atoms with E-state index >= 15 is 0 Å². The number of benzene rings is 1. The Bertz CT molecular complexity index is 476. The molecule has 0 unspecified atom stereocenters. The van der Waals surface area contributed by atoms with Crippen molar-refractivity contribution in [2.75, 3.05) is 0 Å². The second-order valence-corrected chi connectivity index (χ2v) is 2.46. The molecule has 3 rings (SSSR count). The molecule has 0 radical (unpaired) electrons. The van der Waals surface area contributed by atoms with Crippen LogP contribution < -0.4 is 10.7 Å². The Morgan fingerprint density at radius 1 is 1.00 bits per heavy atom. The van der Waals surface area contributed by atoms with E-state index < -0.39 is 0 Å². The van der Waals surface area contributed by atoms with Crippen molar-refractivity contribution in [2.24, 2.45) is 25.4 Å². The molecule has 5 heteroatoms. The first-order chi connectivity index (χ1) is 5.95. The van der Waals surface area contributed by atoms with Crippen LogP contribution in [0.1, 0.15) is 0 Å². The fourth-order valence-corrected chi connectivity index (χ4v) is 1.23. The molecule has 56 valence electrons. The predicted octanol–water partition coefficient (Wildman–Crippen LogP) is 0.612. The minimum absolute atomic E-state index is 0.727. The molecule has 0 bridgehead atoms. The second kappa shape index (κ2) is 1.82. The van der Waals surface area contributed by atoms with Gasteiger partial charge in [-0.2, -0.15) is 0 Å². The molecule has 5 nitrogen and oxygen atoms in total. The van der Waals surface area contributed by atoms with Gasteiger partial charge in [0, 0.05) is 0 Å². The maximum atomic E-state index is 4.07. The highest BCUT2D eigenvalue weighted by Crippen LogP contribution is 2.23. The highest BCUT2D eigenvalue weighted by molar-refractivity contribution is 5.74. The smallest absolute Gasteiger partial charge is 0.143 e. The van der Waals surface area contributed by atoms with E-state index in [2.05, 4.69) is 25.4 Å². The molecule has 0 fully saturated rings. The molecule has 1 aromatic rings. The highest BCUT2D eigenvalue weighted by atomic mass is 15.4. The molecule has 0 amide bonds. The van der Waals surface area contributed by atoms with Crippen molar-refractivity contribution in [3.63, 3.8) is 0 Å². The van der Waals surface area contributed by atoms with Crippen LogP contribution in [-0.2, 0) is 0 Å². The van der Waals surface area contributed by atoms with Crippen molar-refractivity contribution < 1.29 is 0 Å². The normalized spacial score (nSPS) is 15.3. The zero-order valence-electron chi connectivity index (χ0n) is 5.97. The van der Waals surface area contributed by atoms with Crippen molar-refractivity contribution in [1.29, 1.82) is 0 Å². The lowest BCUT2D eigenvalue weighted by molar-refractivity contribution is 1.08. The Labute approximate surface area is 66.9 Å². The third-order valence-electron chi connectivity index (χ3n) is 1.79. The van der Waals surface area contributed by atoms with Crippen LogP contribution in [0.5, 0.6) is 0 Å². The van der Waals surface area contributed by atoms with Crippen LogP contribution in [0.4, 0.5) is 11.4 Å². The van der Waals surface area contributed by atoms with E-state index in [1.165, 1.54) is 6.34 Å². The van der Waals surface area contributed by atoms with Gasteiger partial charge in [-0.3, -0.25) is 0 Å². The van der Waals surface area contributed by atoms with Gasteiger partial charge in [-0.1, -0.05) is 0 Å². The maximum absolute atomic E-state index is 4.07. The molecular weight excluding hydrogens is 154 g/mol. The number of rotatable bonds is 0. The van der Waals surface area contributed by atoms with Crippen LogP contribution in [0.2, 0.25) is 0 Å². The standard InChI is InChI=1S/C7H3N5/c1-2-5-7(11-12-10-5)6-4(1)8-3-9-6/h1-3H. The lowest BCUT2D eigenvalue weighted by Gasteiger charge is -1.90. The average Bonchev–Trinajstić information content (AvgIpc) is 2.71. The van der Waals surface area contributed by atoms with Crippen molar-refractivity contribution >= 4 is 17.7 Å². The fourth-order valence-electron chi connectivity index (χ4n) is 1.23. The quantitative estimate of drug-likeness (QED) is 0.529. The summed E-state index contributed by atoms with van der Waals surface area (Å²) in [6, 6.07) is 3.70. The van der Waals surface area contributed by atoms with E-state index in [1.807, 2.05) is 12.1 Å². The lowest BCUT2D eigenvalue weighted by Crippen LogP contribution is -2.06. The average molecular weight is 157 g/mol. The van der Waals surface area contributed by atoms with Crippen molar-refractivity contribution in [2.45, 2.75) is 0 Å². The van der Waals surface area contributed by atoms with Gasteiger partial charge in [0.2, 0.25) is 0 Å². The molecule has 0 saturated carbocycles. The van der Waals surface area contributed by atoms with Gasteiger partial charge in [-0.05, 0) is 17.4 Å². The van der Waals surface area contributed by atoms with E-state index in [0.29, 0.717) is 0 Å². The second-order valence-electron chi connectivity index (χ2n) is 2.46. The molecule has 0 spiro atoms. The van der Waals surface area contributed by atoms with Gasteiger partial charge in [0.05, 0.1) is 5.36 Å². The Hall–Kier alpha value is -1.91. The minimum Gasteiger partial charge on any atom is -0.235 e. The SMILES string of the molecule is C1=Nc2c3c(ccc2=N1)=NN=N3. The topological polar surface area (TPSA) is 61.8 Å². The zero-order valence-corrected chi connectivity index (χ0v) is 5.97. The largest absolute Gasteiger partial charge is 0.235 e. The molecule has 0 aliphatic carbocycles. The Morgan fingerprint density at radius 2 is 1.92 bits per heavy atom. The van der Waals surface area contributed by atoms with Gasteiger partial charge in [0.25, 0.3) is 0 Å². The summed E-state index contributed by atoms with van der Waals surface area (Å²) in [7, 11) is 0. The minimum atomic E-state index is 0.727. The molecule has 1 aromatic carbocycles. The highest BCUT2D eigenvalue weighted by Gasteiger charge is 2.11. The predicted molar refractivity (Wildman–Crippen MR) is 41.4 cm³/mol. The third-order valence-corrected chi connectivity index (χ3v) is 1.79. The van der Waals surface area contributed by atoms with Crippen LogP contribution in [0.3, 0.4) is 0 Å². The van der Waals surface area contributed by atoms with Gasteiger partial charge < -0.3 is 0 Å². The zero-order chi connectivity index (χ0) is 7.97. The van der Waals surface area contributed by atoms with Crippen LogP contribution >= 0.6 is 0 Å². The summed E-state index contributed by atoms with van der Waals surface area (Å²) in [5, 5.41) is 12.8. The first-order valence-corrected chi connectivity index (χ1v) is 3.47. The molecule has 0 saturated heterocycles. The van der Waals surface area contributed by atoms with E-state index in [4.69, 9.17) is 0 Å². The Balaban J connectivity index is 2.57. The van der Waals surface area contributed by atoms with Crippen molar-refractivity contribution in [3.8, 4) is 0 Å². The van der Waals surface area contributed by atoms with Gasteiger partial charge in [-0.25, -0.2) is 9.98 Å². The summed E-state index contributed by atoms with van der Waals surface area (Å²) in [6.45, 7) is 0. The van der Waals surface area contributed by atoms with Gasteiger partial charge in [-0.15, -0.1) is 10.2 Å². The fraction of sp³-hybridized carbons (Fsp3) is 0. The summed E-state index contributed by atoms with van der Waals surface area (Å²) < 4.78 is 0. The van der Waals surface area contributed by atoms with Crippen LogP contribution in [-0.4, -0.2) is 6.34 Å². The molecule has 12 heavy (non-hydrogen) atoms. The van der Waals surface area contributed by atoms with Gasteiger partial charge in [0.15, 0.2) is 0 Å². The number of aliphatic imine (C=N–C) groups is 1. The number of fused-ring (bicyclic) bond motifs is 3. The summed E-state index contributed by atoms with van der Waals surface area (Å²) in [5.41, 5.74) is 1.50. The molecule has 0 atom stereocenters. The van der Waals surface area contributed by atoms with Crippen LogP contribution in [0, 0.1) is 0 Å². The van der Waals surface area contributed by atoms with Crippen LogP contribution in [0.15, 0.2) is 37.6 Å². The van der Waals surface area contributed by atoms with E-state index in [-0.39, 0.29) is 0 Å². The first-order valence-electron chi connectivity index (χ1n) is 3.47. The summed E-state index contributed by atoms with van der Waals surface area (Å²) in [4.78, 5) is 8.11. The van der Waals surface area contributed by atoms with E-state index in [0.717, 1.165) is 22.1 Å². The summed E-state index contributed by atoms with van der Waals surface area (Å²) in [6.07, 6.45) is 1.51. The number of nitrogens with zero attached hydrogens (tertiary/aromatic N) is 5. The van der Waals surface area contributed by atoms with E-state index in [1.54, 1.807) is 0 Å². The molecule has 2 aliphatic rings. The maximum Gasteiger partial charge on any atom is 0.143 e. The third kappa shape index (κ3) is 0.554. The van der Waals surface area contributed by atoms with Crippen molar-refractivity contribution in [3.05, 3.63) is 22.8 Å².